The highest BCUT2D eigenvalue weighted by atomic mass is 16.7. The SMILES string of the molecule is COc1c2c(cc3c1C(CC(=O)CCc1ccc(OCO)cc1)[N+](C)(C)CC3)OCO2. The Morgan fingerprint density at radius 2 is 2.00 bits per heavy atom. The lowest BCUT2D eigenvalue weighted by Gasteiger charge is -2.43. The maximum Gasteiger partial charge on any atom is 0.231 e. The number of quaternary nitrogens is 1. The van der Waals surface area contributed by atoms with Gasteiger partial charge in [-0.1, -0.05) is 12.1 Å². The van der Waals surface area contributed by atoms with E-state index >= 15 is 0 Å². The Kier molecular flexibility index (Phi) is 6.07. The van der Waals surface area contributed by atoms with Gasteiger partial charge in [0.1, 0.15) is 17.6 Å². The zero-order valence-corrected chi connectivity index (χ0v) is 18.3. The fraction of sp³-hybridized carbons (Fsp3) is 0.458. The maximum atomic E-state index is 13.0. The lowest BCUT2D eigenvalue weighted by atomic mass is 9.86. The van der Waals surface area contributed by atoms with Gasteiger partial charge in [-0.05, 0) is 35.7 Å². The molecule has 0 radical (unpaired) electrons. The van der Waals surface area contributed by atoms with Crippen LogP contribution in [0.3, 0.4) is 0 Å². The molecule has 0 saturated carbocycles. The van der Waals surface area contributed by atoms with Crippen LogP contribution in [0.25, 0.3) is 0 Å². The van der Waals surface area contributed by atoms with E-state index < -0.39 is 0 Å². The summed E-state index contributed by atoms with van der Waals surface area (Å²) in [6.07, 6.45) is 2.49. The normalized spacial score (nSPS) is 18.4. The van der Waals surface area contributed by atoms with Crippen LogP contribution < -0.4 is 18.9 Å². The van der Waals surface area contributed by atoms with Gasteiger partial charge in [0.25, 0.3) is 0 Å². The predicted octanol–water partition coefficient (Wildman–Crippen LogP) is 3.02. The topological polar surface area (TPSA) is 74.2 Å². The highest BCUT2D eigenvalue weighted by molar-refractivity contribution is 5.80. The van der Waals surface area contributed by atoms with Crippen LogP contribution in [0, 0.1) is 0 Å². The number of likely N-dealkylation sites (N-methyl/N-ethyl adjacent to an activating group) is 1. The lowest BCUT2D eigenvalue weighted by molar-refractivity contribution is -0.922. The van der Waals surface area contributed by atoms with E-state index in [1.54, 1.807) is 19.2 Å². The number of carbonyl (C=O) groups is 1. The largest absolute Gasteiger partial charge is 0.492 e. The second-order valence-electron chi connectivity index (χ2n) is 8.64. The molecule has 1 N–H and O–H groups in total. The third kappa shape index (κ3) is 4.34. The van der Waals surface area contributed by atoms with Gasteiger partial charge in [0.05, 0.1) is 39.7 Å². The van der Waals surface area contributed by atoms with E-state index in [2.05, 4.69) is 14.1 Å². The number of ether oxygens (including phenoxy) is 4. The van der Waals surface area contributed by atoms with E-state index in [0.717, 1.165) is 34.3 Å². The van der Waals surface area contributed by atoms with Crippen LogP contribution >= 0.6 is 0 Å². The molecule has 7 heteroatoms. The first-order chi connectivity index (χ1) is 14.9. The molecule has 31 heavy (non-hydrogen) atoms. The zero-order valence-electron chi connectivity index (χ0n) is 18.3. The Morgan fingerprint density at radius 1 is 1.23 bits per heavy atom. The first-order valence-corrected chi connectivity index (χ1v) is 10.6. The smallest absolute Gasteiger partial charge is 0.231 e. The average molecular weight is 429 g/mol. The minimum absolute atomic E-state index is 0.000954. The van der Waals surface area contributed by atoms with Gasteiger partial charge in [0, 0.05) is 12.8 Å². The molecule has 7 nitrogen and oxygen atoms in total. The summed E-state index contributed by atoms with van der Waals surface area (Å²) in [6, 6.07) is 9.52. The van der Waals surface area contributed by atoms with Crippen molar-refractivity contribution in [3.05, 3.63) is 47.0 Å². The van der Waals surface area contributed by atoms with Gasteiger partial charge in [0.2, 0.25) is 12.5 Å². The molecule has 0 aliphatic carbocycles. The number of benzene rings is 2. The Morgan fingerprint density at radius 3 is 2.71 bits per heavy atom. The van der Waals surface area contributed by atoms with Crippen molar-refractivity contribution in [1.82, 2.24) is 0 Å². The number of aryl methyl sites for hydroxylation is 1. The molecule has 2 aliphatic heterocycles. The van der Waals surface area contributed by atoms with Crippen LogP contribution in [0.1, 0.15) is 35.6 Å². The van der Waals surface area contributed by atoms with Crippen molar-refractivity contribution >= 4 is 5.78 Å². The molecule has 0 bridgehead atoms. The fourth-order valence-electron chi connectivity index (χ4n) is 4.54. The molecule has 0 fully saturated rings. The summed E-state index contributed by atoms with van der Waals surface area (Å²) < 4.78 is 22.8. The molecule has 166 valence electrons. The molecular weight excluding hydrogens is 398 g/mol. The van der Waals surface area contributed by atoms with E-state index in [9.17, 15) is 4.79 Å². The van der Waals surface area contributed by atoms with Gasteiger partial charge < -0.3 is 28.5 Å². The number of fused-ring (bicyclic) bond motifs is 2. The predicted molar refractivity (Wildman–Crippen MR) is 115 cm³/mol. The summed E-state index contributed by atoms with van der Waals surface area (Å²) in [7, 11) is 5.99. The standard InChI is InChI=1S/C24H30NO6/c1-25(2)11-10-17-12-21-23(31-15-30-21)24(28-3)22(17)20(25)13-18(27)7-4-16-5-8-19(9-6-16)29-14-26/h5-6,8-9,12,20,26H,4,7,10-11,13-15H2,1-3H3/q+1. The average Bonchev–Trinajstić information content (AvgIpc) is 3.22. The summed E-state index contributed by atoms with van der Waals surface area (Å²) in [5.41, 5.74) is 3.31. The number of nitrogens with zero attached hydrogens (tertiary/aromatic N) is 1. The summed E-state index contributed by atoms with van der Waals surface area (Å²) in [5, 5.41) is 8.83. The number of methoxy groups -OCH3 is 1. The van der Waals surface area contributed by atoms with E-state index in [-0.39, 0.29) is 25.4 Å². The highest BCUT2D eigenvalue weighted by Gasteiger charge is 2.42. The minimum Gasteiger partial charge on any atom is -0.492 e. The number of rotatable bonds is 8. The number of hydrogen-bond acceptors (Lipinski definition) is 6. The van der Waals surface area contributed by atoms with Crippen molar-refractivity contribution in [2.45, 2.75) is 31.7 Å². The third-order valence-electron chi connectivity index (χ3n) is 6.35. The van der Waals surface area contributed by atoms with Crippen molar-refractivity contribution < 1.29 is 33.3 Å². The lowest BCUT2D eigenvalue weighted by Crippen LogP contribution is -2.48. The summed E-state index contributed by atoms with van der Waals surface area (Å²) in [4.78, 5) is 13.0. The summed E-state index contributed by atoms with van der Waals surface area (Å²) in [6.45, 7) is 0.789. The molecular formula is C24H30NO6+. The van der Waals surface area contributed by atoms with Crippen molar-refractivity contribution in [1.29, 1.82) is 0 Å². The third-order valence-corrected chi connectivity index (χ3v) is 6.35. The van der Waals surface area contributed by atoms with Crippen LogP contribution in [0.4, 0.5) is 0 Å². The van der Waals surface area contributed by atoms with Gasteiger partial charge in [0.15, 0.2) is 18.3 Å². The number of carbonyl (C=O) groups excluding carboxylic acids is 1. The van der Waals surface area contributed by atoms with Gasteiger partial charge in [-0.15, -0.1) is 0 Å². The van der Waals surface area contributed by atoms with Crippen LogP contribution in [0.2, 0.25) is 0 Å². The summed E-state index contributed by atoms with van der Waals surface area (Å²) >= 11 is 0. The Balaban J connectivity index is 1.52. The number of Topliss-reactive ketones (excluding diaryl/α,β-unsaturated/α-hetero) is 1. The fourth-order valence-corrected chi connectivity index (χ4v) is 4.54. The number of aliphatic hydroxyl groups is 1. The van der Waals surface area contributed by atoms with Crippen molar-refractivity contribution in [2.75, 3.05) is 41.3 Å². The van der Waals surface area contributed by atoms with E-state index in [0.29, 0.717) is 36.5 Å². The van der Waals surface area contributed by atoms with E-state index in [1.807, 2.05) is 18.2 Å². The molecule has 2 heterocycles. The summed E-state index contributed by atoms with van der Waals surface area (Å²) in [5.74, 6) is 2.90. The van der Waals surface area contributed by atoms with Gasteiger partial charge in [-0.2, -0.15) is 0 Å². The van der Waals surface area contributed by atoms with Crippen molar-refractivity contribution in [3.63, 3.8) is 0 Å². The van der Waals surface area contributed by atoms with Gasteiger partial charge in [-0.3, -0.25) is 4.79 Å². The van der Waals surface area contributed by atoms with Gasteiger partial charge in [-0.25, -0.2) is 0 Å². The van der Waals surface area contributed by atoms with Crippen molar-refractivity contribution in [3.8, 4) is 23.0 Å². The van der Waals surface area contributed by atoms with Crippen LogP contribution in [0.15, 0.2) is 30.3 Å². The molecule has 0 saturated heterocycles. The number of aliphatic hydroxyl groups excluding tert-OH is 1. The zero-order chi connectivity index (χ0) is 22.0. The van der Waals surface area contributed by atoms with Crippen molar-refractivity contribution in [2.24, 2.45) is 0 Å². The van der Waals surface area contributed by atoms with Crippen LogP contribution in [0.5, 0.6) is 23.0 Å². The first-order valence-electron chi connectivity index (χ1n) is 10.6. The molecule has 1 unspecified atom stereocenters. The van der Waals surface area contributed by atoms with E-state index in [1.165, 1.54) is 5.56 Å². The highest BCUT2D eigenvalue weighted by Crippen LogP contribution is 2.51. The Labute approximate surface area is 182 Å². The molecule has 2 aliphatic rings. The molecule has 0 spiro atoms. The van der Waals surface area contributed by atoms with E-state index in [4.69, 9.17) is 24.1 Å². The second kappa shape index (κ2) is 8.77. The number of ketones is 1. The number of hydrogen-bond donors (Lipinski definition) is 1. The molecule has 2 aromatic carbocycles. The molecule has 1 atom stereocenters. The molecule has 4 rings (SSSR count). The second-order valence-corrected chi connectivity index (χ2v) is 8.64. The Bertz CT molecular complexity index is 954. The monoisotopic (exact) mass is 428 g/mol. The first kappa shape index (κ1) is 21.5. The molecule has 0 amide bonds. The van der Waals surface area contributed by atoms with Crippen LogP contribution in [-0.2, 0) is 17.6 Å². The molecule has 2 aromatic rings. The van der Waals surface area contributed by atoms with Gasteiger partial charge >= 0.3 is 0 Å². The minimum atomic E-state index is -0.349. The quantitative estimate of drug-likeness (QED) is 0.515. The molecule has 0 aromatic heterocycles. The Hall–Kier alpha value is -2.77. The van der Waals surface area contributed by atoms with Crippen LogP contribution in [-0.4, -0.2) is 56.7 Å². The maximum absolute atomic E-state index is 13.0.